The molecule has 9 heteroatoms. The molecule has 0 spiro atoms. The molecule has 2 aliphatic heterocycles. The molecule has 2 saturated heterocycles. The Bertz CT molecular complexity index is 1120. The first kappa shape index (κ1) is 19.1. The fraction of sp³-hybridized carbons (Fsp3) is 0.381. The molecule has 0 saturated carbocycles. The molecule has 1 aromatic heterocycles. The lowest BCUT2D eigenvalue weighted by atomic mass is 9.69. The second-order valence-electron chi connectivity index (χ2n) is 8.04. The summed E-state index contributed by atoms with van der Waals surface area (Å²) >= 11 is 0. The molecule has 3 unspecified atom stereocenters. The summed E-state index contributed by atoms with van der Waals surface area (Å²) in [5.74, 6) is -1.51. The topological polar surface area (TPSA) is 90.1 Å². The standard InChI is InChI=1S/C21H21F2N5O2/c1-12(28-8-6-24-7-9-28)21-5-4-20(23,11-15(21)18(29)25-19(21)30)17-14-3-2-13(22)10-16(14)26-27-17/h2-5,10-12,24H,6-9H2,1H3,(H,26,27)(H,25,29,30). The van der Waals surface area contributed by atoms with E-state index in [0.29, 0.717) is 10.9 Å². The maximum absolute atomic E-state index is 16.1. The van der Waals surface area contributed by atoms with Crippen molar-refractivity contribution in [2.45, 2.75) is 18.6 Å². The van der Waals surface area contributed by atoms with Crippen LogP contribution >= 0.6 is 0 Å². The zero-order valence-corrected chi connectivity index (χ0v) is 16.3. The lowest BCUT2D eigenvalue weighted by Crippen LogP contribution is -2.56. The van der Waals surface area contributed by atoms with Crippen molar-refractivity contribution in [3.63, 3.8) is 0 Å². The Morgan fingerprint density at radius 1 is 1.20 bits per heavy atom. The highest BCUT2D eigenvalue weighted by Gasteiger charge is 2.58. The lowest BCUT2D eigenvalue weighted by molar-refractivity contribution is -0.128. The zero-order valence-electron chi connectivity index (χ0n) is 16.3. The first-order chi connectivity index (χ1) is 14.3. The van der Waals surface area contributed by atoms with Crippen LogP contribution in [0.25, 0.3) is 10.9 Å². The number of piperazine rings is 1. The van der Waals surface area contributed by atoms with Gasteiger partial charge in [0, 0.05) is 43.2 Å². The number of nitrogens with zero attached hydrogens (tertiary/aromatic N) is 2. The third-order valence-electron chi connectivity index (χ3n) is 6.48. The number of amides is 2. The first-order valence-electron chi connectivity index (χ1n) is 9.92. The summed E-state index contributed by atoms with van der Waals surface area (Å²) in [6.07, 6.45) is 3.97. The molecule has 7 nitrogen and oxygen atoms in total. The molecule has 1 aliphatic carbocycles. The Morgan fingerprint density at radius 2 is 1.97 bits per heavy atom. The Labute approximate surface area is 171 Å². The van der Waals surface area contributed by atoms with E-state index in [1.807, 2.05) is 6.92 Å². The highest BCUT2D eigenvalue weighted by molar-refractivity contribution is 6.19. The van der Waals surface area contributed by atoms with Gasteiger partial charge in [-0.15, -0.1) is 0 Å². The molecule has 30 heavy (non-hydrogen) atoms. The van der Waals surface area contributed by atoms with E-state index in [4.69, 9.17) is 0 Å². The van der Waals surface area contributed by atoms with Gasteiger partial charge in [-0.05, 0) is 37.3 Å². The van der Waals surface area contributed by atoms with Crippen LogP contribution in [0, 0.1) is 11.2 Å². The van der Waals surface area contributed by atoms with Gasteiger partial charge < -0.3 is 5.32 Å². The van der Waals surface area contributed by atoms with Crippen molar-refractivity contribution >= 4 is 22.7 Å². The number of fused-ring (bicyclic) bond motifs is 2. The minimum atomic E-state index is -2.21. The molecule has 0 radical (unpaired) electrons. The van der Waals surface area contributed by atoms with Crippen molar-refractivity contribution in [3.05, 3.63) is 53.5 Å². The van der Waals surface area contributed by atoms with Gasteiger partial charge in [-0.25, -0.2) is 8.78 Å². The van der Waals surface area contributed by atoms with Crippen molar-refractivity contribution in [1.29, 1.82) is 0 Å². The number of hydrogen-bond acceptors (Lipinski definition) is 5. The number of imide groups is 1. The van der Waals surface area contributed by atoms with Crippen LogP contribution in [0.4, 0.5) is 8.78 Å². The second-order valence-corrected chi connectivity index (χ2v) is 8.04. The molecule has 2 amide bonds. The monoisotopic (exact) mass is 413 g/mol. The fourth-order valence-electron chi connectivity index (χ4n) is 4.79. The highest BCUT2D eigenvalue weighted by Crippen LogP contribution is 2.48. The van der Waals surface area contributed by atoms with Crippen LogP contribution in [0.3, 0.4) is 0 Å². The Hall–Kier alpha value is -2.91. The van der Waals surface area contributed by atoms with Gasteiger partial charge in [0.25, 0.3) is 5.91 Å². The summed E-state index contributed by atoms with van der Waals surface area (Å²) in [6, 6.07) is 3.58. The van der Waals surface area contributed by atoms with Crippen molar-refractivity contribution < 1.29 is 18.4 Å². The Kier molecular flexibility index (Phi) is 4.16. The number of alkyl halides is 1. The van der Waals surface area contributed by atoms with Crippen LogP contribution in [-0.4, -0.2) is 59.1 Å². The number of rotatable bonds is 3. The van der Waals surface area contributed by atoms with E-state index in [1.165, 1.54) is 36.4 Å². The van der Waals surface area contributed by atoms with Crippen LogP contribution in [0.5, 0.6) is 0 Å². The minimum Gasteiger partial charge on any atom is -0.314 e. The SMILES string of the molecule is CC(N1CCNCC1)C12C=CC(F)(c3n[nH]c4cc(F)ccc34)C=C1C(=O)NC2=O. The Balaban J connectivity index is 1.61. The molecule has 2 aromatic rings. The lowest BCUT2D eigenvalue weighted by Gasteiger charge is -2.42. The summed E-state index contributed by atoms with van der Waals surface area (Å²) in [7, 11) is 0. The molecule has 156 valence electrons. The molecule has 5 rings (SSSR count). The number of aromatic amines is 1. The van der Waals surface area contributed by atoms with Gasteiger partial charge >= 0.3 is 0 Å². The van der Waals surface area contributed by atoms with Crippen molar-refractivity contribution in [2.24, 2.45) is 5.41 Å². The third kappa shape index (κ3) is 2.58. The number of benzene rings is 1. The van der Waals surface area contributed by atoms with Crippen LogP contribution in [0.1, 0.15) is 12.6 Å². The van der Waals surface area contributed by atoms with E-state index in [1.54, 1.807) is 0 Å². The van der Waals surface area contributed by atoms with Gasteiger partial charge in [0.05, 0.1) is 5.52 Å². The summed E-state index contributed by atoms with van der Waals surface area (Å²) in [6.45, 7) is 4.90. The largest absolute Gasteiger partial charge is 0.314 e. The van der Waals surface area contributed by atoms with Crippen molar-refractivity contribution in [3.8, 4) is 0 Å². The van der Waals surface area contributed by atoms with E-state index in [9.17, 15) is 14.0 Å². The Morgan fingerprint density at radius 3 is 2.73 bits per heavy atom. The highest BCUT2D eigenvalue weighted by atomic mass is 19.1. The number of halogens is 2. The first-order valence-corrected chi connectivity index (χ1v) is 9.92. The molecule has 2 fully saturated rings. The van der Waals surface area contributed by atoms with Gasteiger partial charge in [0.1, 0.15) is 16.9 Å². The average Bonchev–Trinajstić information content (AvgIpc) is 3.27. The van der Waals surface area contributed by atoms with Crippen LogP contribution < -0.4 is 10.6 Å². The van der Waals surface area contributed by atoms with Crippen LogP contribution in [-0.2, 0) is 15.3 Å². The fourth-order valence-corrected chi connectivity index (χ4v) is 4.79. The predicted molar refractivity (Wildman–Crippen MR) is 106 cm³/mol. The van der Waals surface area contributed by atoms with E-state index in [-0.39, 0.29) is 17.3 Å². The number of carbonyl (C=O) groups excluding carboxylic acids is 2. The van der Waals surface area contributed by atoms with Gasteiger partial charge in [0.2, 0.25) is 5.91 Å². The van der Waals surface area contributed by atoms with E-state index in [2.05, 4.69) is 25.7 Å². The third-order valence-corrected chi connectivity index (χ3v) is 6.48. The molecular formula is C21H21F2N5O2. The molecule has 1 aromatic carbocycles. The molecule has 3 atom stereocenters. The van der Waals surface area contributed by atoms with Crippen molar-refractivity contribution in [2.75, 3.05) is 26.2 Å². The number of nitrogens with one attached hydrogen (secondary N) is 3. The van der Waals surface area contributed by atoms with Gasteiger partial charge in [0.15, 0.2) is 5.67 Å². The zero-order chi connectivity index (χ0) is 21.1. The van der Waals surface area contributed by atoms with Crippen LogP contribution in [0.15, 0.2) is 42.0 Å². The molecular weight excluding hydrogens is 392 g/mol. The van der Waals surface area contributed by atoms with Gasteiger partial charge in [-0.1, -0.05) is 6.08 Å². The molecule has 0 bridgehead atoms. The number of aromatic nitrogens is 2. The summed E-state index contributed by atoms with van der Waals surface area (Å²) in [5.41, 5.74) is -3.01. The van der Waals surface area contributed by atoms with Gasteiger partial charge in [-0.3, -0.25) is 24.9 Å². The number of carbonyl (C=O) groups is 2. The molecule has 3 aliphatic rings. The maximum atomic E-state index is 16.1. The number of H-pyrrole nitrogens is 1. The second kappa shape index (κ2) is 6.55. The average molecular weight is 413 g/mol. The molecule has 3 N–H and O–H groups in total. The van der Waals surface area contributed by atoms with E-state index >= 15 is 4.39 Å². The smallest absolute Gasteiger partial charge is 0.255 e. The normalized spacial score (nSPS) is 30.3. The quantitative estimate of drug-likeness (QED) is 0.521. The minimum absolute atomic E-state index is 0.0248. The molecule has 3 heterocycles. The van der Waals surface area contributed by atoms with E-state index < -0.39 is 28.7 Å². The summed E-state index contributed by atoms with van der Waals surface area (Å²) < 4.78 is 29.6. The van der Waals surface area contributed by atoms with Gasteiger partial charge in [-0.2, -0.15) is 5.10 Å². The van der Waals surface area contributed by atoms with Crippen LogP contribution in [0.2, 0.25) is 0 Å². The maximum Gasteiger partial charge on any atom is 0.255 e. The number of allylic oxidation sites excluding steroid dienone is 2. The summed E-state index contributed by atoms with van der Waals surface area (Å²) in [4.78, 5) is 27.7. The number of hydrogen-bond donors (Lipinski definition) is 3. The summed E-state index contributed by atoms with van der Waals surface area (Å²) in [5, 5.41) is 12.7. The van der Waals surface area contributed by atoms with Crippen molar-refractivity contribution in [1.82, 2.24) is 25.7 Å². The van der Waals surface area contributed by atoms with E-state index in [0.717, 1.165) is 26.2 Å². The predicted octanol–water partition coefficient (Wildman–Crippen LogP) is 1.30.